The van der Waals surface area contributed by atoms with Crippen LogP contribution in [0.4, 0.5) is 0 Å². The molecule has 0 aliphatic carbocycles. The number of pyridine rings is 2. The largest absolute Gasteiger partial charge is 0.305 e. The van der Waals surface area contributed by atoms with Gasteiger partial charge in [0, 0.05) is 37.6 Å². The number of nitrogens with zero attached hydrogens (tertiary/aromatic N) is 2. The first kappa shape index (κ1) is 23.3. The average Bonchev–Trinajstić information content (AvgIpc) is 2.86. The van der Waals surface area contributed by atoms with Gasteiger partial charge in [0.15, 0.2) is 0 Å². The van der Waals surface area contributed by atoms with Crippen LogP contribution in [0.2, 0.25) is 0 Å². The van der Waals surface area contributed by atoms with Gasteiger partial charge in [-0.25, -0.2) is 0 Å². The normalized spacial score (nSPS) is 9.78. The molecule has 0 N–H and O–H groups in total. The summed E-state index contributed by atoms with van der Waals surface area (Å²) in [6.45, 7) is 2.05. The van der Waals surface area contributed by atoms with E-state index in [-0.39, 0.29) is 20.1 Å². The minimum absolute atomic E-state index is 0. The molecule has 2 aromatic heterocycles. The molecule has 0 aliphatic rings. The predicted octanol–water partition coefficient (Wildman–Crippen LogP) is 7.07. The fourth-order valence-corrected chi connectivity index (χ4v) is 3.26. The molecule has 3 heteroatoms. The van der Waals surface area contributed by atoms with Crippen molar-refractivity contribution in [2.45, 2.75) is 6.92 Å². The van der Waals surface area contributed by atoms with Crippen molar-refractivity contribution in [3.8, 4) is 33.6 Å². The van der Waals surface area contributed by atoms with Crippen molar-refractivity contribution < 1.29 is 20.1 Å². The Morgan fingerprint density at radius 3 is 1.78 bits per heavy atom. The maximum atomic E-state index is 4.69. The Morgan fingerprint density at radius 2 is 1.22 bits per heavy atom. The molecule has 3 aromatic carbocycles. The predicted molar refractivity (Wildman–Crippen MR) is 127 cm³/mol. The van der Waals surface area contributed by atoms with Crippen molar-refractivity contribution in [2.24, 2.45) is 0 Å². The maximum Gasteiger partial charge on any atom is 0.0344 e. The average molecular weight is 591 g/mol. The Bertz CT molecular complexity index is 1170. The molecule has 2 nitrogen and oxygen atoms in total. The third-order valence-corrected chi connectivity index (χ3v) is 4.81. The second kappa shape index (κ2) is 11.9. The Morgan fingerprint density at radius 1 is 0.594 bits per heavy atom. The third-order valence-electron chi connectivity index (χ3n) is 4.81. The molecular formula is C29H22IrN2-2. The summed E-state index contributed by atoms with van der Waals surface area (Å²) in [5.41, 5.74) is 7.44. The molecule has 5 aromatic rings. The van der Waals surface area contributed by atoms with Gasteiger partial charge in [-0.2, -0.15) is 0 Å². The first-order valence-electron chi connectivity index (χ1n) is 10.2. The zero-order valence-corrected chi connectivity index (χ0v) is 20.1. The fraction of sp³-hybridized carbons (Fsp3) is 0.0345. The van der Waals surface area contributed by atoms with Crippen LogP contribution in [0, 0.1) is 19.1 Å². The van der Waals surface area contributed by atoms with Gasteiger partial charge in [-0.15, -0.1) is 71.8 Å². The van der Waals surface area contributed by atoms with E-state index in [0.29, 0.717) is 0 Å². The maximum absolute atomic E-state index is 4.69. The van der Waals surface area contributed by atoms with Gasteiger partial charge in [0.2, 0.25) is 0 Å². The summed E-state index contributed by atoms with van der Waals surface area (Å²) in [4.78, 5) is 8.91. The zero-order valence-electron chi connectivity index (χ0n) is 17.7. The van der Waals surface area contributed by atoms with E-state index in [2.05, 4.69) is 53.3 Å². The van der Waals surface area contributed by atoms with E-state index in [1.54, 1.807) is 6.20 Å². The molecule has 2 heterocycles. The summed E-state index contributed by atoms with van der Waals surface area (Å²) in [6, 6.07) is 42.5. The van der Waals surface area contributed by atoms with E-state index < -0.39 is 0 Å². The van der Waals surface area contributed by atoms with E-state index in [1.165, 1.54) is 11.1 Å². The summed E-state index contributed by atoms with van der Waals surface area (Å²) >= 11 is 0. The Hall–Kier alpha value is -3.39. The molecule has 0 saturated carbocycles. The summed E-state index contributed by atoms with van der Waals surface area (Å²) in [6.07, 6.45) is 1.79. The van der Waals surface area contributed by atoms with Crippen LogP contribution in [-0.2, 0) is 20.1 Å². The van der Waals surface area contributed by atoms with Crippen LogP contribution < -0.4 is 0 Å². The van der Waals surface area contributed by atoms with Gasteiger partial charge in [0.25, 0.3) is 0 Å². The van der Waals surface area contributed by atoms with E-state index in [4.69, 9.17) is 0 Å². The number of benzene rings is 3. The van der Waals surface area contributed by atoms with Crippen LogP contribution in [0.3, 0.4) is 0 Å². The smallest absolute Gasteiger partial charge is 0.0344 e. The summed E-state index contributed by atoms with van der Waals surface area (Å²) in [5.74, 6) is 0. The van der Waals surface area contributed by atoms with Crippen molar-refractivity contribution in [1.82, 2.24) is 9.97 Å². The van der Waals surface area contributed by atoms with E-state index in [9.17, 15) is 0 Å². The summed E-state index contributed by atoms with van der Waals surface area (Å²) in [5, 5.41) is 0. The topological polar surface area (TPSA) is 25.8 Å². The Balaban J connectivity index is 0.000000193. The second-order valence-electron chi connectivity index (χ2n) is 6.96. The minimum Gasteiger partial charge on any atom is -0.305 e. The second-order valence-corrected chi connectivity index (χ2v) is 6.96. The van der Waals surface area contributed by atoms with Gasteiger partial charge in [-0.3, -0.25) is 0 Å². The molecule has 0 fully saturated rings. The van der Waals surface area contributed by atoms with Crippen molar-refractivity contribution in [2.75, 3.05) is 0 Å². The Kier molecular flexibility index (Phi) is 8.62. The van der Waals surface area contributed by atoms with E-state index in [0.717, 1.165) is 28.2 Å². The molecule has 5 rings (SSSR count). The van der Waals surface area contributed by atoms with Crippen LogP contribution in [0.15, 0.2) is 115 Å². The number of aryl methyl sites for hydroxylation is 1. The SMILES string of the molecule is Cc1nc(-c2[c-]cccc2)ccc1-c1ccccc1.[Ir].[c-]1ccccc1-c1ccccn1. The molecule has 0 amide bonds. The van der Waals surface area contributed by atoms with Crippen molar-refractivity contribution in [1.29, 1.82) is 0 Å². The van der Waals surface area contributed by atoms with Gasteiger partial charge < -0.3 is 9.97 Å². The van der Waals surface area contributed by atoms with Crippen molar-refractivity contribution in [3.05, 3.63) is 133 Å². The van der Waals surface area contributed by atoms with Gasteiger partial charge in [0.05, 0.1) is 0 Å². The van der Waals surface area contributed by atoms with E-state index in [1.807, 2.05) is 84.9 Å². The first-order valence-corrected chi connectivity index (χ1v) is 10.2. The third kappa shape index (κ3) is 6.07. The number of hydrogen-bond donors (Lipinski definition) is 0. The standard InChI is InChI=1S/C18H14N.C11H8N.Ir/c1-14-17(15-8-4-2-5-9-15)12-13-18(19-14)16-10-6-3-7-11-16;1-2-6-10(7-3-1)11-8-4-5-9-12-11;/h2-10,12-13H,1H3;1-6,8-9H;/q2*-1;. The number of hydrogen-bond acceptors (Lipinski definition) is 2. The van der Waals surface area contributed by atoms with Gasteiger partial charge >= 0.3 is 0 Å². The van der Waals surface area contributed by atoms with Gasteiger partial charge in [0.1, 0.15) is 0 Å². The number of aromatic nitrogens is 2. The number of rotatable bonds is 3. The summed E-state index contributed by atoms with van der Waals surface area (Å²) < 4.78 is 0. The molecule has 0 aliphatic heterocycles. The molecule has 159 valence electrons. The fourth-order valence-electron chi connectivity index (χ4n) is 3.26. The Labute approximate surface area is 203 Å². The zero-order chi connectivity index (χ0) is 21.3. The molecule has 0 spiro atoms. The van der Waals surface area contributed by atoms with Crippen LogP contribution in [0.5, 0.6) is 0 Å². The van der Waals surface area contributed by atoms with Crippen molar-refractivity contribution in [3.63, 3.8) is 0 Å². The van der Waals surface area contributed by atoms with Gasteiger partial charge in [-0.1, -0.05) is 54.6 Å². The van der Waals surface area contributed by atoms with Crippen molar-refractivity contribution >= 4 is 0 Å². The van der Waals surface area contributed by atoms with Crippen LogP contribution >= 0.6 is 0 Å². The van der Waals surface area contributed by atoms with E-state index >= 15 is 0 Å². The molecule has 0 atom stereocenters. The quantitative estimate of drug-likeness (QED) is 0.210. The first-order chi connectivity index (χ1) is 15.3. The minimum atomic E-state index is 0. The van der Waals surface area contributed by atoms with Gasteiger partial charge in [-0.05, 0) is 29.9 Å². The monoisotopic (exact) mass is 591 g/mol. The molecule has 32 heavy (non-hydrogen) atoms. The molecule has 0 saturated heterocycles. The molecule has 0 bridgehead atoms. The summed E-state index contributed by atoms with van der Waals surface area (Å²) in [7, 11) is 0. The molecule has 0 unspecified atom stereocenters. The molecular weight excluding hydrogens is 569 g/mol. The van der Waals surface area contributed by atoms with Crippen LogP contribution in [-0.4, -0.2) is 9.97 Å². The molecule has 1 radical (unpaired) electrons. The van der Waals surface area contributed by atoms with Crippen LogP contribution in [0.25, 0.3) is 33.6 Å². The van der Waals surface area contributed by atoms with Crippen LogP contribution in [0.1, 0.15) is 5.69 Å².